The molecule has 0 aliphatic rings. The summed E-state index contributed by atoms with van der Waals surface area (Å²) in [5, 5.41) is 3.15. The lowest BCUT2D eigenvalue weighted by atomic mass is 10.1. The topological polar surface area (TPSA) is 77.5 Å². The highest BCUT2D eigenvalue weighted by atomic mass is 35.5. The maximum absolute atomic E-state index is 12.6. The zero-order chi connectivity index (χ0) is 21.5. The smallest absolute Gasteiger partial charge is 0.337 e. The molecule has 154 valence electrons. The van der Waals surface area contributed by atoms with Crippen molar-refractivity contribution in [2.45, 2.75) is 20.1 Å². The first-order valence-corrected chi connectivity index (χ1v) is 9.64. The van der Waals surface area contributed by atoms with Crippen LogP contribution in [0.1, 0.15) is 37.7 Å². The van der Waals surface area contributed by atoms with Gasteiger partial charge in [0.1, 0.15) is 12.4 Å². The first-order chi connectivity index (χ1) is 14.5. The third-order valence-corrected chi connectivity index (χ3v) is 4.67. The Morgan fingerprint density at radius 1 is 1.07 bits per heavy atom. The van der Waals surface area contributed by atoms with Crippen molar-refractivity contribution in [1.29, 1.82) is 0 Å². The number of rotatable bonds is 7. The van der Waals surface area contributed by atoms with Crippen LogP contribution in [-0.4, -0.2) is 24.0 Å². The number of pyridine rings is 1. The molecule has 0 saturated heterocycles. The molecular weight excluding hydrogens is 404 g/mol. The van der Waals surface area contributed by atoms with E-state index in [2.05, 4.69) is 15.0 Å². The van der Waals surface area contributed by atoms with Gasteiger partial charge in [-0.2, -0.15) is 0 Å². The van der Waals surface area contributed by atoms with Gasteiger partial charge in [-0.05, 0) is 55.0 Å². The zero-order valence-corrected chi connectivity index (χ0v) is 17.4. The van der Waals surface area contributed by atoms with Crippen molar-refractivity contribution in [3.63, 3.8) is 0 Å². The molecule has 0 aliphatic carbocycles. The molecule has 1 aromatic heterocycles. The molecule has 0 radical (unpaired) electrons. The first kappa shape index (κ1) is 21.3. The van der Waals surface area contributed by atoms with E-state index in [0.717, 1.165) is 17.0 Å². The monoisotopic (exact) mass is 424 g/mol. The Labute approximate surface area is 179 Å². The molecule has 3 rings (SSSR count). The lowest BCUT2D eigenvalue weighted by Gasteiger charge is -2.11. The fourth-order valence-electron chi connectivity index (χ4n) is 2.76. The highest BCUT2D eigenvalue weighted by Crippen LogP contribution is 2.23. The van der Waals surface area contributed by atoms with Gasteiger partial charge in [0.05, 0.1) is 29.0 Å². The number of benzene rings is 2. The third kappa shape index (κ3) is 5.58. The second-order valence-corrected chi connectivity index (χ2v) is 6.98. The van der Waals surface area contributed by atoms with E-state index < -0.39 is 5.97 Å². The Morgan fingerprint density at radius 2 is 1.83 bits per heavy atom. The highest BCUT2D eigenvalue weighted by molar-refractivity contribution is 6.33. The molecule has 1 amide bonds. The molecular formula is C23H21ClN2O4. The number of esters is 1. The quantitative estimate of drug-likeness (QED) is 0.571. The van der Waals surface area contributed by atoms with Crippen molar-refractivity contribution in [2.75, 3.05) is 7.11 Å². The molecule has 3 aromatic rings. The molecule has 2 aromatic carbocycles. The predicted molar refractivity (Wildman–Crippen MR) is 114 cm³/mol. The Bertz CT molecular complexity index is 1050. The fourth-order valence-corrected chi connectivity index (χ4v) is 2.96. The fraction of sp³-hybridized carbons (Fsp3) is 0.174. The van der Waals surface area contributed by atoms with E-state index in [1.54, 1.807) is 42.5 Å². The van der Waals surface area contributed by atoms with Crippen LogP contribution in [0.25, 0.3) is 0 Å². The van der Waals surface area contributed by atoms with Gasteiger partial charge in [0.25, 0.3) is 5.91 Å². The molecule has 7 heteroatoms. The summed E-state index contributed by atoms with van der Waals surface area (Å²) in [5.74, 6) is -0.207. The van der Waals surface area contributed by atoms with Crippen LogP contribution in [0.4, 0.5) is 0 Å². The van der Waals surface area contributed by atoms with Crippen LogP contribution in [0.5, 0.6) is 5.75 Å². The van der Waals surface area contributed by atoms with Crippen molar-refractivity contribution < 1.29 is 19.1 Å². The molecule has 1 heterocycles. The lowest BCUT2D eigenvalue weighted by Crippen LogP contribution is -2.23. The van der Waals surface area contributed by atoms with E-state index in [0.29, 0.717) is 21.9 Å². The Hall–Kier alpha value is -3.38. The van der Waals surface area contributed by atoms with Gasteiger partial charge in [-0.1, -0.05) is 29.8 Å². The van der Waals surface area contributed by atoms with Crippen molar-refractivity contribution in [3.8, 4) is 5.75 Å². The third-order valence-electron chi connectivity index (χ3n) is 4.34. The van der Waals surface area contributed by atoms with E-state index in [9.17, 15) is 9.59 Å². The van der Waals surface area contributed by atoms with E-state index in [4.69, 9.17) is 16.3 Å². The van der Waals surface area contributed by atoms with Crippen molar-refractivity contribution in [3.05, 3.63) is 93.8 Å². The summed E-state index contributed by atoms with van der Waals surface area (Å²) in [6.45, 7) is 2.49. The van der Waals surface area contributed by atoms with Crippen LogP contribution in [-0.2, 0) is 17.9 Å². The summed E-state index contributed by atoms with van der Waals surface area (Å²) in [6.07, 6.45) is 0. The number of nitrogens with one attached hydrogen (secondary N) is 1. The normalized spacial score (nSPS) is 10.4. The van der Waals surface area contributed by atoms with Gasteiger partial charge >= 0.3 is 5.97 Å². The van der Waals surface area contributed by atoms with E-state index in [1.165, 1.54) is 7.11 Å². The molecule has 0 fully saturated rings. The molecule has 0 spiro atoms. The van der Waals surface area contributed by atoms with Crippen LogP contribution >= 0.6 is 11.6 Å². The van der Waals surface area contributed by atoms with E-state index >= 15 is 0 Å². The van der Waals surface area contributed by atoms with Crippen LogP contribution < -0.4 is 10.1 Å². The number of carbonyl (C=O) groups is 2. The van der Waals surface area contributed by atoms with Crippen LogP contribution in [0, 0.1) is 6.92 Å². The molecule has 0 aliphatic heterocycles. The lowest BCUT2D eigenvalue weighted by molar-refractivity contribution is 0.0600. The van der Waals surface area contributed by atoms with Gasteiger partial charge in [-0.25, -0.2) is 4.79 Å². The van der Waals surface area contributed by atoms with Gasteiger partial charge in [-0.15, -0.1) is 0 Å². The van der Waals surface area contributed by atoms with Crippen LogP contribution in [0.2, 0.25) is 5.02 Å². The number of carbonyl (C=O) groups excluding carboxylic acids is 2. The highest BCUT2D eigenvalue weighted by Gasteiger charge is 2.12. The SMILES string of the molecule is COC(=O)c1ccc(CNC(=O)c2cc(OCc3cccc(C)n3)ccc2Cl)cc1. The summed E-state index contributed by atoms with van der Waals surface area (Å²) in [7, 11) is 1.33. The number of aryl methyl sites for hydroxylation is 1. The number of hydrogen-bond acceptors (Lipinski definition) is 5. The molecule has 0 saturated carbocycles. The number of aromatic nitrogens is 1. The summed E-state index contributed by atoms with van der Waals surface area (Å²) >= 11 is 6.20. The summed E-state index contributed by atoms with van der Waals surface area (Å²) in [4.78, 5) is 28.5. The van der Waals surface area contributed by atoms with E-state index in [1.807, 2.05) is 25.1 Å². The summed E-state index contributed by atoms with van der Waals surface area (Å²) in [6, 6.07) is 17.4. The number of methoxy groups -OCH3 is 1. The second kappa shape index (κ2) is 9.89. The summed E-state index contributed by atoms with van der Waals surface area (Å²) < 4.78 is 10.4. The van der Waals surface area contributed by atoms with Crippen molar-refractivity contribution in [1.82, 2.24) is 10.3 Å². The van der Waals surface area contributed by atoms with Gasteiger partial charge in [0.15, 0.2) is 0 Å². The Morgan fingerprint density at radius 3 is 2.53 bits per heavy atom. The van der Waals surface area contributed by atoms with Gasteiger partial charge < -0.3 is 14.8 Å². The minimum Gasteiger partial charge on any atom is -0.487 e. The Balaban J connectivity index is 1.62. The molecule has 30 heavy (non-hydrogen) atoms. The molecule has 0 unspecified atom stereocenters. The van der Waals surface area contributed by atoms with Gasteiger partial charge in [0, 0.05) is 12.2 Å². The zero-order valence-electron chi connectivity index (χ0n) is 16.6. The maximum atomic E-state index is 12.6. The van der Waals surface area contributed by atoms with Gasteiger partial charge in [-0.3, -0.25) is 9.78 Å². The van der Waals surface area contributed by atoms with Crippen molar-refractivity contribution >= 4 is 23.5 Å². The predicted octanol–water partition coefficient (Wildman–Crippen LogP) is 4.34. The number of amides is 1. The van der Waals surface area contributed by atoms with Crippen LogP contribution in [0.15, 0.2) is 60.7 Å². The standard InChI is InChI=1S/C23H21ClN2O4/c1-15-4-3-5-18(26-15)14-30-19-10-11-21(24)20(12-19)22(27)25-13-16-6-8-17(9-7-16)23(28)29-2/h3-12H,13-14H2,1-2H3,(H,25,27). The number of hydrogen-bond donors (Lipinski definition) is 1. The minimum absolute atomic E-state index is 0.287. The summed E-state index contributed by atoms with van der Waals surface area (Å²) in [5.41, 5.74) is 3.31. The van der Waals surface area contributed by atoms with Crippen molar-refractivity contribution in [2.24, 2.45) is 0 Å². The number of ether oxygens (including phenoxy) is 2. The van der Waals surface area contributed by atoms with E-state index in [-0.39, 0.29) is 19.1 Å². The maximum Gasteiger partial charge on any atom is 0.337 e. The second-order valence-electron chi connectivity index (χ2n) is 6.57. The number of nitrogens with zero attached hydrogens (tertiary/aromatic N) is 1. The molecule has 0 bridgehead atoms. The van der Waals surface area contributed by atoms with Gasteiger partial charge in [0.2, 0.25) is 0 Å². The number of halogens is 1. The molecule has 0 atom stereocenters. The largest absolute Gasteiger partial charge is 0.487 e. The van der Waals surface area contributed by atoms with Crippen LogP contribution in [0.3, 0.4) is 0 Å². The minimum atomic E-state index is -0.407. The average molecular weight is 425 g/mol. The first-order valence-electron chi connectivity index (χ1n) is 9.26. The Kier molecular flexibility index (Phi) is 7.03. The molecule has 1 N–H and O–H groups in total. The average Bonchev–Trinajstić information content (AvgIpc) is 2.76. The molecule has 6 nitrogen and oxygen atoms in total.